The molecular formula is C18H17BrN2OS. The summed E-state index contributed by atoms with van der Waals surface area (Å²) in [6.45, 7) is 0.468. The van der Waals surface area contributed by atoms with Gasteiger partial charge in [-0.05, 0) is 24.3 Å². The topological polar surface area (TPSA) is 32.7 Å². The highest BCUT2D eigenvalue weighted by Gasteiger charge is 2.11. The van der Waals surface area contributed by atoms with E-state index in [4.69, 9.17) is 12.2 Å². The van der Waals surface area contributed by atoms with Crippen LogP contribution in [0.2, 0.25) is 0 Å². The smallest absolute Gasteiger partial charge is 0.253 e. The lowest BCUT2D eigenvalue weighted by atomic mass is 10.0. The van der Waals surface area contributed by atoms with Crippen molar-refractivity contribution in [1.29, 1.82) is 0 Å². The highest BCUT2D eigenvalue weighted by atomic mass is 79.9. The number of hydrogen-bond donors (Lipinski definition) is 0. The fourth-order valence-electron chi connectivity index (χ4n) is 2.14. The number of amides is 1. The van der Waals surface area contributed by atoms with Crippen LogP contribution >= 0.6 is 28.1 Å². The first-order valence-corrected chi connectivity index (χ1v) is 8.35. The second-order valence-corrected chi connectivity index (χ2v) is 6.39. The van der Waals surface area contributed by atoms with Gasteiger partial charge in [0, 0.05) is 40.6 Å². The summed E-state index contributed by atoms with van der Waals surface area (Å²) < 4.78 is 0.990. The van der Waals surface area contributed by atoms with E-state index in [1.54, 1.807) is 24.4 Å². The molecule has 0 saturated carbocycles. The van der Waals surface area contributed by atoms with Crippen LogP contribution < -0.4 is 0 Å². The SMILES string of the molecule is CN(C)C(=O)c1ccc(C(=NCC=S)c2cccc(Br)c2)cc1. The fraction of sp³-hybridized carbons (Fsp3) is 0.167. The van der Waals surface area contributed by atoms with Gasteiger partial charge in [-0.3, -0.25) is 9.79 Å². The van der Waals surface area contributed by atoms with E-state index in [0.717, 1.165) is 21.3 Å². The lowest BCUT2D eigenvalue weighted by molar-refractivity contribution is 0.0827. The van der Waals surface area contributed by atoms with Crippen LogP contribution in [-0.2, 0) is 0 Å². The molecule has 2 aromatic carbocycles. The molecule has 3 nitrogen and oxygen atoms in total. The van der Waals surface area contributed by atoms with Crippen molar-refractivity contribution in [1.82, 2.24) is 4.90 Å². The Hall–Kier alpha value is -1.85. The average Bonchev–Trinajstić information content (AvgIpc) is 2.55. The summed E-state index contributed by atoms with van der Waals surface area (Å²) in [5.41, 5.74) is 3.47. The zero-order valence-electron chi connectivity index (χ0n) is 13.0. The molecule has 118 valence electrons. The average molecular weight is 389 g/mol. The summed E-state index contributed by atoms with van der Waals surface area (Å²) >= 11 is 8.37. The van der Waals surface area contributed by atoms with Crippen LogP contribution in [0.3, 0.4) is 0 Å². The highest BCUT2D eigenvalue weighted by molar-refractivity contribution is 9.10. The Morgan fingerprint density at radius 2 is 1.78 bits per heavy atom. The number of benzene rings is 2. The normalized spacial score (nSPS) is 11.2. The zero-order valence-corrected chi connectivity index (χ0v) is 15.4. The van der Waals surface area contributed by atoms with Crippen LogP contribution in [0.25, 0.3) is 0 Å². The molecule has 0 bridgehead atoms. The first-order chi connectivity index (χ1) is 11.0. The quantitative estimate of drug-likeness (QED) is 0.572. The molecule has 5 heteroatoms. The number of carbonyl (C=O) groups is 1. The van der Waals surface area contributed by atoms with Crippen LogP contribution in [0.15, 0.2) is 58.0 Å². The van der Waals surface area contributed by atoms with Crippen molar-refractivity contribution in [2.45, 2.75) is 0 Å². The van der Waals surface area contributed by atoms with E-state index in [0.29, 0.717) is 12.1 Å². The monoisotopic (exact) mass is 388 g/mol. The molecule has 0 fully saturated rings. The number of carbonyl (C=O) groups excluding carboxylic acids is 1. The first kappa shape index (κ1) is 17.5. The molecular weight excluding hydrogens is 372 g/mol. The molecule has 0 aliphatic carbocycles. The van der Waals surface area contributed by atoms with Crippen LogP contribution in [0.5, 0.6) is 0 Å². The van der Waals surface area contributed by atoms with Crippen molar-refractivity contribution in [3.05, 3.63) is 69.7 Å². The third-order valence-corrected chi connectivity index (χ3v) is 3.88. The molecule has 0 aliphatic heterocycles. The molecule has 0 saturated heterocycles. The molecule has 0 heterocycles. The Bertz CT molecular complexity index is 739. The minimum Gasteiger partial charge on any atom is -0.345 e. The second kappa shape index (κ2) is 8.13. The molecule has 0 N–H and O–H groups in total. The van der Waals surface area contributed by atoms with Crippen molar-refractivity contribution < 1.29 is 4.79 Å². The van der Waals surface area contributed by atoms with Crippen LogP contribution in [-0.4, -0.2) is 42.5 Å². The van der Waals surface area contributed by atoms with Gasteiger partial charge < -0.3 is 4.90 Å². The van der Waals surface area contributed by atoms with Gasteiger partial charge in [-0.1, -0.05) is 52.4 Å². The maximum Gasteiger partial charge on any atom is 0.253 e. The van der Waals surface area contributed by atoms with Crippen LogP contribution in [0.1, 0.15) is 21.5 Å². The Labute approximate surface area is 150 Å². The van der Waals surface area contributed by atoms with E-state index < -0.39 is 0 Å². The molecule has 0 aliphatic rings. The molecule has 0 radical (unpaired) electrons. The molecule has 23 heavy (non-hydrogen) atoms. The first-order valence-electron chi connectivity index (χ1n) is 7.09. The molecule has 0 atom stereocenters. The summed E-state index contributed by atoms with van der Waals surface area (Å²) in [5.74, 6) is -0.0172. The summed E-state index contributed by atoms with van der Waals surface area (Å²) in [5, 5.41) is 1.60. The third kappa shape index (κ3) is 4.56. The van der Waals surface area contributed by atoms with Crippen LogP contribution in [0, 0.1) is 0 Å². The van der Waals surface area contributed by atoms with Gasteiger partial charge in [0.2, 0.25) is 0 Å². The van der Waals surface area contributed by atoms with E-state index in [-0.39, 0.29) is 5.91 Å². The molecule has 0 aromatic heterocycles. The van der Waals surface area contributed by atoms with Gasteiger partial charge in [-0.2, -0.15) is 0 Å². The van der Waals surface area contributed by atoms with Gasteiger partial charge in [0.1, 0.15) is 0 Å². The number of aliphatic imine (C=N–C) groups is 1. The Morgan fingerprint density at radius 3 is 2.35 bits per heavy atom. The summed E-state index contributed by atoms with van der Waals surface area (Å²) in [6, 6.07) is 15.4. The number of rotatable bonds is 5. The summed E-state index contributed by atoms with van der Waals surface area (Å²) in [7, 11) is 3.48. The Morgan fingerprint density at radius 1 is 1.13 bits per heavy atom. The Kier molecular flexibility index (Phi) is 6.19. The van der Waals surface area contributed by atoms with Gasteiger partial charge in [-0.25, -0.2) is 0 Å². The van der Waals surface area contributed by atoms with E-state index >= 15 is 0 Å². The number of thiocarbonyl (C=S) groups is 1. The maximum absolute atomic E-state index is 12.0. The van der Waals surface area contributed by atoms with Gasteiger partial charge in [-0.15, -0.1) is 0 Å². The minimum absolute atomic E-state index is 0.0172. The van der Waals surface area contributed by atoms with E-state index in [9.17, 15) is 4.79 Å². The number of hydrogen-bond acceptors (Lipinski definition) is 3. The van der Waals surface area contributed by atoms with Gasteiger partial charge in [0.05, 0.1) is 12.3 Å². The molecule has 0 unspecified atom stereocenters. The Balaban J connectivity index is 2.41. The summed E-state index contributed by atoms with van der Waals surface area (Å²) in [6.07, 6.45) is 0. The van der Waals surface area contributed by atoms with Crippen LogP contribution in [0.4, 0.5) is 0 Å². The van der Waals surface area contributed by atoms with E-state index in [1.165, 1.54) is 0 Å². The van der Waals surface area contributed by atoms with Gasteiger partial charge in [0.15, 0.2) is 0 Å². The lowest BCUT2D eigenvalue weighted by Crippen LogP contribution is -2.21. The van der Waals surface area contributed by atoms with E-state index in [1.807, 2.05) is 48.5 Å². The molecule has 2 aromatic rings. The van der Waals surface area contributed by atoms with Crippen molar-refractivity contribution in [2.24, 2.45) is 4.99 Å². The minimum atomic E-state index is -0.0172. The maximum atomic E-state index is 12.0. The standard InChI is InChI=1S/C18H17BrN2OS/c1-21(2)18(22)14-8-6-13(7-9-14)17(20-10-11-23)15-4-3-5-16(19)12-15/h3-9,11-12H,10H2,1-2H3. The molecule has 1 amide bonds. The highest BCUT2D eigenvalue weighted by Crippen LogP contribution is 2.17. The molecule has 0 spiro atoms. The predicted octanol–water partition coefficient (Wildman–Crippen LogP) is 3.99. The second-order valence-electron chi connectivity index (χ2n) is 5.14. The van der Waals surface area contributed by atoms with Gasteiger partial charge in [0.25, 0.3) is 5.91 Å². The van der Waals surface area contributed by atoms with E-state index in [2.05, 4.69) is 20.9 Å². The van der Waals surface area contributed by atoms with Crippen molar-refractivity contribution in [2.75, 3.05) is 20.6 Å². The molecule has 2 rings (SSSR count). The number of halogens is 1. The van der Waals surface area contributed by atoms with Crippen molar-refractivity contribution in [3.63, 3.8) is 0 Å². The van der Waals surface area contributed by atoms with Crippen molar-refractivity contribution >= 4 is 45.1 Å². The largest absolute Gasteiger partial charge is 0.345 e. The van der Waals surface area contributed by atoms with Gasteiger partial charge >= 0.3 is 0 Å². The third-order valence-electron chi connectivity index (χ3n) is 3.23. The lowest BCUT2D eigenvalue weighted by Gasteiger charge is -2.12. The van der Waals surface area contributed by atoms with Crippen molar-refractivity contribution in [3.8, 4) is 0 Å². The predicted molar refractivity (Wildman–Crippen MR) is 103 cm³/mol. The summed E-state index contributed by atoms with van der Waals surface area (Å²) in [4.78, 5) is 18.1. The number of nitrogens with zero attached hydrogens (tertiary/aromatic N) is 2. The zero-order chi connectivity index (χ0) is 16.8. The fourth-order valence-corrected chi connectivity index (χ4v) is 2.62.